The Morgan fingerprint density at radius 2 is 2.00 bits per heavy atom. The maximum absolute atomic E-state index is 12.3. The van der Waals surface area contributed by atoms with Gasteiger partial charge in [0.2, 0.25) is 0 Å². The van der Waals surface area contributed by atoms with Crippen LogP contribution in [0, 0.1) is 25.2 Å². The van der Waals surface area contributed by atoms with Crippen LogP contribution in [0.25, 0.3) is 0 Å². The minimum atomic E-state index is -0.226. The van der Waals surface area contributed by atoms with Crippen LogP contribution in [0.5, 0.6) is 0 Å². The molecule has 2 aromatic rings. The molecule has 0 atom stereocenters. The second-order valence-corrected chi connectivity index (χ2v) is 4.36. The fourth-order valence-corrected chi connectivity index (χ4v) is 2.01. The van der Waals surface area contributed by atoms with Crippen molar-refractivity contribution >= 4 is 11.7 Å². The number of hydrogen-bond acceptors (Lipinski definition) is 3. The second kappa shape index (κ2) is 4.94. The Labute approximate surface area is 111 Å². The Kier molecular flexibility index (Phi) is 3.34. The molecule has 19 heavy (non-hydrogen) atoms. The van der Waals surface area contributed by atoms with Crippen molar-refractivity contribution in [2.45, 2.75) is 13.8 Å². The molecule has 0 saturated carbocycles. The number of nitrogens with one attached hydrogen (secondary N) is 1. The fourth-order valence-electron chi connectivity index (χ4n) is 2.01. The molecule has 96 valence electrons. The largest absolute Gasteiger partial charge is 0.306 e. The van der Waals surface area contributed by atoms with E-state index in [-0.39, 0.29) is 5.91 Å². The van der Waals surface area contributed by atoms with Crippen molar-refractivity contribution in [3.05, 3.63) is 46.6 Å². The van der Waals surface area contributed by atoms with Gasteiger partial charge in [-0.05, 0) is 25.0 Å². The van der Waals surface area contributed by atoms with Crippen LogP contribution in [0.1, 0.15) is 27.0 Å². The maximum Gasteiger partial charge on any atom is 0.257 e. The van der Waals surface area contributed by atoms with E-state index >= 15 is 0 Å². The van der Waals surface area contributed by atoms with Gasteiger partial charge in [-0.25, -0.2) is 0 Å². The molecule has 0 spiro atoms. The Morgan fingerprint density at radius 1 is 1.37 bits per heavy atom. The molecule has 1 N–H and O–H groups in total. The minimum absolute atomic E-state index is 0.226. The van der Waals surface area contributed by atoms with Gasteiger partial charge in [0.15, 0.2) is 0 Å². The molecule has 5 heteroatoms. The van der Waals surface area contributed by atoms with Crippen LogP contribution < -0.4 is 5.32 Å². The number of carbonyl (C=O) groups is 1. The Balaban J connectivity index is 2.37. The highest BCUT2D eigenvalue weighted by Gasteiger charge is 2.16. The van der Waals surface area contributed by atoms with E-state index in [1.165, 1.54) is 10.9 Å². The third kappa shape index (κ3) is 2.33. The molecular formula is C14H14N4O. The Hall–Kier alpha value is -2.61. The van der Waals surface area contributed by atoms with Gasteiger partial charge in [0.25, 0.3) is 5.91 Å². The number of anilines is 1. The Morgan fingerprint density at radius 3 is 2.58 bits per heavy atom. The summed E-state index contributed by atoms with van der Waals surface area (Å²) in [5.74, 6) is 0.186. The van der Waals surface area contributed by atoms with Crippen LogP contribution in [-0.2, 0) is 7.05 Å². The Bertz CT molecular complexity index is 659. The van der Waals surface area contributed by atoms with Crippen molar-refractivity contribution in [2.75, 3.05) is 5.32 Å². The number of aromatic nitrogens is 2. The van der Waals surface area contributed by atoms with Gasteiger partial charge in [0.05, 0.1) is 6.20 Å². The van der Waals surface area contributed by atoms with Gasteiger partial charge in [-0.2, -0.15) is 10.4 Å². The predicted molar refractivity (Wildman–Crippen MR) is 71.8 cm³/mol. The summed E-state index contributed by atoms with van der Waals surface area (Å²) in [6.07, 6.45) is 1.43. The fraction of sp³-hybridized carbons (Fsp3) is 0.214. The zero-order valence-electron chi connectivity index (χ0n) is 11.1. The van der Waals surface area contributed by atoms with Crippen LogP contribution >= 0.6 is 0 Å². The van der Waals surface area contributed by atoms with E-state index in [1.54, 1.807) is 7.05 Å². The van der Waals surface area contributed by atoms with E-state index in [4.69, 9.17) is 5.26 Å². The minimum Gasteiger partial charge on any atom is -0.306 e. The van der Waals surface area contributed by atoms with Gasteiger partial charge in [0.1, 0.15) is 17.5 Å². The van der Waals surface area contributed by atoms with Crippen molar-refractivity contribution in [1.82, 2.24) is 9.78 Å². The van der Waals surface area contributed by atoms with Crippen LogP contribution in [0.3, 0.4) is 0 Å². The third-order valence-electron chi connectivity index (χ3n) is 3.00. The first-order valence-electron chi connectivity index (χ1n) is 5.84. The topological polar surface area (TPSA) is 70.7 Å². The lowest BCUT2D eigenvalue weighted by Crippen LogP contribution is -2.17. The van der Waals surface area contributed by atoms with E-state index in [0.717, 1.165) is 11.1 Å². The summed E-state index contributed by atoms with van der Waals surface area (Å²) in [5, 5.41) is 15.7. The second-order valence-electron chi connectivity index (χ2n) is 4.36. The molecule has 0 aliphatic heterocycles. The third-order valence-corrected chi connectivity index (χ3v) is 3.00. The van der Waals surface area contributed by atoms with Gasteiger partial charge >= 0.3 is 0 Å². The lowest BCUT2D eigenvalue weighted by Gasteiger charge is -2.10. The van der Waals surface area contributed by atoms with Gasteiger partial charge in [-0.3, -0.25) is 9.48 Å². The molecule has 5 nitrogen and oxygen atoms in total. The molecule has 0 fully saturated rings. The molecule has 0 unspecified atom stereocenters. The normalized spacial score (nSPS) is 10.0. The van der Waals surface area contributed by atoms with Crippen LogP contribution in [0.2, 0.25) is 0 Å². The van der Waals surface area contributed by atoms with Gasteiger partial charge < -0.3 is 5.32 Å². The number of nitriles is 1. The number of benzene rings is 1. The van der Waals surface area contributed by atoms with Crippen molar-refractivity contribution in [1.29, 1.82) is 5.26 Å². The lowest BCUT2D eigenvalue weighted by atomic mass is 10.0. The summed E-state index contributed by atoms with van der Waals surface area (Å²) in [6, 6.07) is 7.68. The highest BCUT2D eigenvalue weighted by molar-refractivity contribution is 6.06. The molecule has 0 saturated heterocycles. The molecule has 1 amide bonds. The summed E-state index contributed by atoms with van der Waals surface area (Å²) >= 11 is 0. The number of aryl methyl sites for hydroxylation is 3. The van der Waals surface area contributed by atoms with E-state index < -0.39 is 0 Å². The first-order chi connectivity index (χ1) is 9.04. The first-order valence-corrected chi connectivity index (χ1v) is 5.84. The summed E-state index contributed by atoms with van der Waals surface area (Å²) in [5.41, 5.74) is 2.78. The zero-order valence-corrected chi connectivity index (χ0v) is 11.1. The SMILES string of the molecule is Cc1cccc(C)c1C(=O)Nc1c(C#N)cnn1C. The summed E-state index contributed by atoms with van der Waals surface area (Å²) in [4.78, 5) is 12.3. The highest BCUT2D eigenvalue weighted by atomic mass is 16.1. The van der Waals surface area contributed by atoms with E-state index in [1.807, 2.05) is 38.1 Å². The number of amides is 1. The van der Waals surface area contributed by atoms with Crippen molar-refractivity contribution in [3.63, 3.8) is 0 Å². The molecular weight excluding hydrogens is 240 g/mol. The molecule has 1 aromatic carbocycles. The van der Waals surface area contributed by atoms with Crippen LogP contribution in [-0.4, -0.2) is 15.7 Å². The molecule has 0 aliphatic rings. The lowest BCUT2D eigenvalue weighted by molar-refractivity contribution is 0.102. The van der Waals surface area contributed by atoms with Crippen molar-refractivity contribution in [3.8, 4) is 6.07 Å². The smallest absolute Gasteiger partial charge is 0.257 e. The molecule has 1 heterocycles. The van der Waals surface area contributed by atoms with E-state index in [0.29, 0.717) is 16.9 Å². The first kappa shape index (κ1) is 12.8. The number of rotatable bonds is 2. The van der Waals surface area contributed by atoms with Gasteiger partial charge in [0, 0.05) is 12.6 Å². The molecule has 1 aromatic heterocycles. The maximum atomic E-state index is 12.3. The molecule has 2 rings (SSSR count). The molecule has 0 radical (unpaired) electrons. The highest BCUT2D eigenvalue weighted by Crippen LogP contribution is 2.18. The average Bonchev–Trinajstić information content (AvgIpc) is 2.70. The van der Waals surface area contributed by atoms with E-state index in [9.17, 15) is 4.79 Å². The van der Waals surface area contributed by atoms with Crippen molar-refractivity contribution < 1.29 is 4.79 Å². The molecule has 0 bridgehead atoms. The van der Waals surface area contributed by atoms with Gasteiger partial charge in [-0.1, -0.05) is 18.2 Å². The number of hydrogen-bond donors (Lipinski definition) is 1. The van der Waals surface area contributed by atoms with E-state index in [2.05, 4.69) is 10.4 Å². The monoisotopic (exact) mass is 254 g/mol. The summed E-state index contributed by atoms with van der Waals surface area (Å²) in [6.45, 7) is 3.77. The zero-order chi connectivity index (χ0) is 14.0. The number of nitrogens with zero attached hydrogens (tertiary/aromatic N) is 3. The summed E-state index contributed by atoms with van der Waals surface area (Å²) < 4.78 is 1.48. The molecule has 0 aliphatic carbocycles. The van der Waals surface area contributed by atoms with Crippen LogP contribution in [0.4, 0.5) is 5.82 Å². The standard InChI is InChI=1S/C14H14N4O/c1-9-5-4-6-10(2)12(9)14(19)17-13-11(7-15)8-16-18(13)3/h4-6,8H,1-3H3,(H,17,19). The summed E-state index contributed by atoms with van der Waals surface area (Å²) in [7, 11) is 1.68. The van der Waals surface area contributed by atoms with Crippen molar-refractivity contribution in [2.24, 2.45) is 7.05 Å². The quantitative estimate of drug-likeness (QED) is 0.892. The predicted octanol–water partition coefficient (Wildman–Crippen LogP) is 2.16. The number of carbonyl (C=O) groups excluding carboxylic acids is 1. The van der Waals surface area contributed by atoms with Gasteiger partial charge in [-0.15, -0.1) is 0 Å². The van der Waals surface area contributed by atoms with Crippen LogP contribution in [0.15, 0.2) is 24.4 Å². The average molecular weight is 254 g/mol.